The van der Waals surface area contributed by atoms with Crippen molar-refractivity contribution in [2.24, 2.45) is 7.05 Å². The first kappa shape index (κ1) is 20.3. The number of rotatable bonds is 6. The summed E-state index contributed by atoms with van der Waals surface area (Å²) in [6.07, 6.45) is 3.80. The molecular weight excluding hydrogens is 346 g/mol. The van der Waals surface area contributed by atoms with Gasteiger partial charge in [-0.15, -0.1) is 0 Å². The first-order chi connectivity index (χ1) is 13.0. The number of nitrogens with zero attached hydrogens (tertiary/aromatic N) is 3. The highest BCUT2D eigenvalue weighted by Crippen LogP contribution is 2.36. The van der Waals surface area contributed by atoms with Gasteiger partial charge in [0.2, 0.25) is 0 Å². The minimum atomic E-state index is -0.148. The molecule has 2 saturated heterocycles. The summed E-state index contributed by atoms with van der Waals surface area (Å²) in [7, 11) is 1.88. The topological polar surface area (TPSA) is 65.8 Å². The van der Waals surface area contributed by atoms with Gasteiger partial charge in [-0.2, -0.15) is 5.10 Å². The van der Waals surface area contributed by atoms with Crippen LogP contribution >= 0.6 is 0 Å². The van der Waals surface area contributed by atoms with Crippen molar-refractivity contribution in [3.05, 3.63) is 17.0 Å². The summed E-state index contributed by atoms with van der Waals surface area (Å²) in [6, 6.07) is 0. The highest BCUT2D eigenvalue weighted by Gasteiger charge is 2.42. The summed E-state index contributed by atoms with van der Waals surface area (Å²) in [6.45, 7) is 10.0. The molecule has 0 saturated carbocycles. The van der Waals surface area contributed by atoms with Crippen LogP contribution in [0.3, 0.4) is 0 Å². The molecule has 0 radical (unpaired) electrons. The van der Waals surface area contributed by atoms with Crippen molar-refractivity contribution >= 4 is 5.91 Å². The van der Waals surface area contributed by atoms with Gasteiger partial charge >= 0.3 is 0 Å². The number of aryl methyl sites for hydroxylation is 2. The van der Waals surface area contributed by atoms with Gasteiger partial charge in [-0.3, -0.25) is 9.48 Å². The lowest BCUT2D eigenvalue weighted by Crippen LogP contribution is -2.52. The van der Waals surface area contributed by atoms with Crippen molar-refractivity contribution in [1.29, 1.82) is 0 Å². The Labute approximate surface area is 161 Å². The van der Waals surface area contributed by atoms with E-state index in [0.717, 1.165) is 68.9 Å². The number of hydrogen-bond donors (Lipinski definition) is 0. The Morgan fingerprint density at radius 3 is 2.67 bits per heavy atom. The van der Waals surface area contributed by atoms with Crippen LogP contribution in [-0.4, -0.2) is 71.8 Å². The van der Waals surface area contributed by atoms with Gasteiger partial charge < -0.3 is 19.1 Å². The Hall–Kier alpha value is -1.44. The second kappa shape index (κ2) is 8.71. The van der Waals surface area contributed by atoms with Crippen molar-refractivity contribution < 1.29 is 19.0 Å². The monoisotopic (exact) mass is 379 g/mol. The van der Waals surface area contributed by atoms with Crippen molar-refractivity contribution in [3.63, 3.8) is 0 Å². The summed E-state index contributed by atoms with van der Waals surface area (Å²) >= 11 is 0. The second-order valence-corrected chi connectivity index (χ2v) is 7.68. The Kier molecular flexibility index (Phi) is 6.55. The molecule has 7 heteroatoms. The fourth-order valence-electron chi connectivity index (χ4n) is 4.25. The second-order valence-electron chi connectivity index (χ2n) is 7.68. The van der Waals surface area contributed by atoms with E-state index in [1.165, 1.54) is 0 Å². The molecule has 2 fully saturated rings. The molecule has 1 aromatic heterocycles. The Bertz CT molecular complexity index is 650. The lowest BCUT2D eigenvalue weighted by atomic mass is 9.83. The van der Waals surface area contributed by atoms with Crippen molar-refractivity contribution in [2.75, 3.05) is 39.5 Å². The Balaban J connectivity index is 1.55. The third-order valence-electron chi connectivity index (χ3n) is 5.92. The van der Waals surface area contributed by atoms with Gasteiger partial charge in [-0.25, -0.2) is 0 Å². The molecule has 3 heterocycles. The van der Waals surface area contributed by atoms with Crippen molar-refractivity contribution in [3.8, 4) is 0 Å². The van der Waals surface area contributed by atoms with Gasteiger partial charge in [-0.05, 0) is 40.0 Å². The summed E-state index contributed by atoms with van der Waals surface area (Å²) in [5.41, 5.74) is 2.33. The van der Waals surface area contributed by atoms with Crippen LogP contribution in [0.2, 0.25) is 0 Å². The number of hydrogen-bond acceptors (Lipinski definition) is 5. The molecule has 1 amide bonds. The molecule has 1 spiro atoms. The number of aromatic nitrogens is 2. The smallest absolute Gasteiger partial charge is 0.257 e. The number of ether oxygens (including phenoxy) is 3. The average molecular weight is 380 g/mol. The first-order valence-corrected chi connectivity index (χ1v) is 10.1. The maximum absolute atomic E-state index is 13.0. The molecule has 1 atom stereocenters. The lowest BCUT2D eigenvalue weighted by Gasteiger charge is -2.46. The SMILES string of the molecule is CCOCCOC1CCOC2(CCN(C(=O)c3c(C)nn(C)c3C)CC2)C1. The van der Waals surface area contributed by atoms with E-state index in [0.29, 0.717) is 13.2 Å². The predicted molar refractivity (Wildman–Crippen MR) is 102 cm³/mol. The van der Waals surface area contributed by atoms with Crippen LogP contribution < -0.4 is 0 Å². The van der Waals surface area contributed by atoms with E-state index in [9.17, 15) is 4.79 Å². The van der Waals surface area contributed by atoms with Crippen molar-refractivity contribution in [2.45, 2.75) is 58.2 Å². The summed E-state index contributed by atoms with van der Waals surface area (Å²) in [4.78, 5) is 14.9. The highest BCUT2D eigenvalue weighted by molar-refractivity contribution is 5.96. The minimum Gasteiger partial charge on any atom is -0.379 e. The van der Waals surface area contributed by atoms with Crippen LogP contribution in [0.15, 0.2) is 0 Å². The van der Waals surface area contributed by atoms with E-state index in [1.807, 2.05) is 32.7 Å². The van der Waals surface area contributed by atoms with Crippen LogP contribution in [0, 0.1) is 13.8 Å². The quantitative estimate of drug-likeness (QED) is 0.709. The highest BCUT2D eigenvalue weighted by atomic mass is 16.5. The van der Waals surface area contributed by atoms with Gasteiger partial charge in [0, 0.05) is 45.5 Å². The van der Waals surface area contributed by atoms with E-state index in [2.05, 4.69) is 5.10 Å². The van der Waals surface area contributed by atoms with E-state index in [4.69, 9.17) is 14.2 Å². The predicted octanol–water partition coefficient (Wildman–Crippen LogP) is 2.24. The van der Waals surface area contributed by atoms with E-state index >= 15 is 0 Å². The Morgan fingerprint density at radius 1 is 1.30 bits per heavy atom. The largest absolute Gasteiger partial charge is 0.379 e. The normalized spacial score (nSPS) is 22.4. The Morgan fingerprint density at radius 2 is 2.04 bits per heavy atom. The molecule has 1 aromatic rings. The molecule has 0 aliphatic carbocycles. The molecular formula is C20H33N3O4. The maximum Gasteiger partial charge on any atom is 0.257 e. The number of carbonyl (C=O) groups is 1. The van der Waals surface area contributed by atoms with Crippen LogP contribution in [-0.2, 0) is 21.3 Å². The maximum atomic E-state index is 13.0. The van der Waals surface area contributed by atoms with Gasteiger partial charge in [0.05, 0.1) is 36.2 Å². The molecule has 152 valence electrons. The van der Waals surface area contributed by atoms with Crippen LogP contribution in [0.5, 0.6) is 0 Å². The molecule has 27 heavy (non-hydrogen) atoms. The fourth-order valence-corrected chi connectivity index (χ4v) is 4.25. The first-order valence-electron chi connectivity index (χ1n) is 10.1. The number of likely N-dealkylation sites (tertiary alicyclic amines) is 1. The molecule has 3 rings (SSSR count). The van der Waals surface area contributed by atoms with Gasteiger partial charge in [0.1, 0.15) is 0 Å². The minimum absolute atomic E-state index is 0.0910. The van der Waals surface area contributed by atoms with Crippen LogP contribution in [0.25, 0.3) is 0 Å². The van der Waals surface area contributed by atoms with E-state index in [1.54, 1.807) is 4.68 Å². The lowest BCUT2D eigenvalue weighted by molar-refractivity contribution is -0.155. The third kappa shape index (κ3) is 4.52. The van der Waals surface area contributed by atoms with Crippen molar-refractivity contribution in [1.82, 2.24) is 14.7 Å². The summed E-state index contributed by atoms with van der Waals surface area (Å²) < 4.78 is 19.3. The fraction of sp³-hybridized carbons (Fsp3) is 0.800. The number of amides is 1. The zero-order valence-electron chi connectivity index (χ0n) is 17.1. The zero-order valence-corrected chi connectivity index (χ0v) is 17.1. The molecule has 1 unspecified atom stereocenters. The van der Waals surface area contributed by atoms with Gasteiger partial charge in [0.25, 0.3) is 5.91 Å². The van der Waals surface area contributed by atoms with E-state index in [-0.39, 0.29) is 17.6 Å². The zero-order chi connectivity index (χ0) is 19.4. The molecule has 0 bridgehead atoms. The summed E-state index contributed by atoms with van der Waals surface area (Å²) in [5.74, 6) is 0.0910. The van der Waals surface area contributed by atoms with Crippen LogP contribution in [0.4, 0.5) is 0 Å². The number of carbonyl (C=O) groups excluding carboxylic acids is 1. The molecule has 2 aliphatic rings. The molecule has 2 aliphatic heterocycles. The van der Waals surface area contributed by atoms with E-state index < -0.39 is 0 Å². The molecule has 0 N–H and O–H groups in total. The standard InChI is InChI=1S/C20H33N3O4/c1-5-25-12-13-26-17-6-11-27-20(14-17)7-9-23(10-8-20)19(24)18-15(2)21-22(4)16(18)3/h17H,5-14H2,1-4H3. The summed E-state index contributed by atoms with van der Waals surface area (Å²) in [5, 5.41) is 4.38. The molecule has 7 nitrogen and oxygen atoms in total. The van der Waals surface area contributed by atoms with Gasteiger partial charge in [-0.1, -0.05) is 0 Å². The average Bonchev–Trinajstić information content (AvgIpc) is 2.91. The third-order valence-corrected chi connectivity index (χ3v) is 5.92. The molecule has 0 aromatic carbocycles. The van der Waals surface area contributed by atoms with Gasteiger partial charge in [0.15, 0.2) is 0 Å². The number of piperidine rings is 1. The van der Waals surface area contributed by atoms with Crippen LogP contribution in [0.1, 0.15) is 54.4 Å².